The van der Waals surface area contributed by atoms with E-state index in [0.717, 1.165) is 33.0 Å². The van der Waals surface area contributed by atoms with Gasteiger partial charge >= 0.3 is 5.97 Å². The predicted octanol–water partition coefficient (Wildman–Crippen LogP) is 3.06. The van der Waals surface area contributed by atoms with E-state index in [2.05, 4.69) is 24.3 Å². The van der Waals surface area contributed by atoms with Crippen LogP contribution in [0.4, 0.5) is 0 Å². The number of likely N-dealkylation sites (N-methyl/N-ethyl adjacent to an activating group) is 1. The number of benzene rings is 2. The highest BCUT2D eigenvalue weighted by molar-refractivity contribution is 5.93. The highest BCUT2D eigenvalue weighted by Gasteiger charge is 2.64. The summed E-state index contributed by atoms with van der Waals surface area (Å²) in [6.07, 6.45) is -3.31. The highest BCUT2D eigenvalue weighted by Crippen LogP contribution is 2.65. The second-order valence-corrected chi connectivity index (χ2v) is 11.4. The molecule has 6 atom stereocenters. The van der Waals surface area contributed by atoms with Crippen LogP contribution in [0.1, 0.15) is 50.3 Å². The average Bonchev–Trinajstić information content (AvgIpc) is 3.62. The molecule has 10 heteroatoms. The number of hydrogen-bond acceptors (Lipinski definition) is 9. The number of esters is 1. The zero-order valence-electron chi connectivity index (χ0n) is 23.5. The lowest BCUT2D eigenvalue weighted by Crippen LogP contribution is -2.52. The molecule has 1 amide bonds. The first-order valence-corrected chi connectivity index (χ1v) is 14.1. The van der Waals surface area contributed by atoms with E-state index < -0.39 is 48.1 Å². The van der Waals surface area contributed by atoms with Gasteiger partial charge in [0.1, 0.15) is 6.10 Å². The van der Waals surface area contributed by atoms with Gasteiger partial charge in [-0.15, -0.1) is 0 Å². The van der Waals surface area contributed by atoms with E-state index in [-0.39, 0.29) is 31.1 Å². The van der Waals surface area contributed by atoms with Crippen molar-refractivity contribution >= 4 is 28.4 Å². The summed E-state index contributed by atoms with van der Waals surface area (Å²) >= 11 is 0. The van der Waals surface area contributed by atoms with E-state index in [4.69, 9.17) is 28.4 Å². The van der Waals surface area contributed by atoms with Gasteiger partial charge in [0.2, 0.25) is 0 Å². The molecule has 0 saturated carbocycles. The van der Waals surface area contributed by atoms with Crippen molar-refractivity contribution < 1.29 is 42.8 Å². The molecule has 4 heterocycles. The van der Waals surface area contributed by atoms with E-state index in [1.54, 1.807) is 19.1 Å². The molecule has 0 radical (unpaired) electrons. The van der Waals surface area contributed by atoms with Gasteiger partial charge in [-0.3, -0.25) is 9.59 Å². The summed E-state index contributed by atoms with van der Waals surface area (Å²) in [7, 11) is 3.18. The molecule has 0 spiro atoms. The molecule has 4 bridgehead atoms. The third kappa shape index (κ3) is 3.64. The quantitative estimate of drug-likeness (QED) is 0.285. The first-order valence-electron chi connectivity index (χ1n) is 14.1. The van der Waals surface area contributed by atoms with Gasteiger partial charge in [0.15, 0.2) is 41.8 Å². The van der Waals surface area contributed by atoms with Gasteiger partial charge in [-0.05, 0) is 71.9 Å². The minimum atomic E-state index is -1.43. The Kier molecular flexibility index (Phi) is 6.15. The Hall–Kier alpha value is -3.15. The number of carbonyl (C=O) groups is 3. The monoisotopic (exact) mass is 563 g/mol. The molecule has 4 aliphatic heterocycles. The number of ketones is 1. The van der Waals surface area contributed by atoms with Gasteiger partial charge in [0.05, 0.1) is 6.54 Å². The maximum Gasteiger partial charge on any atom is 0.339 e. The van der Waals surface area contributed by atoms with Crippen LogP contribution in [0, 0.1) is 0 Å². The van der Waals surface area contributed by atoms with Gasteiger partial charge in [0, 0.05) is 27.2 Å². The number of rotatable bonds is 7. The smallest absolute Gasteiger partial charge is 0.339 e. The number of Topliss-reactive ketones (excluding diaryl/α,β-unsaturated/α-hetero) is 1. The Bertz CT molecular complexity index is 1500. The Morgan fingerprint density at radius 3 is 2.54 bits per heavy atom. The minimum Gasteiger partial charge on any atom is -0.449 e. The molecule has 2 aromatic carbocycles. The van der Waals surface area contributed by atoms with E-state index in [0.29, 0.717) is 13.0 Å². The standard InChI is InChI=1S/C31H33NO9/c1-5-32-15-23-38-25(27(32)34)26(39-23)28(35)41-30(16(2)33)11-10-21-20(14-30)24-19-12-17-8-6-7-9-18(17)13-22(19)31(21,40-24)29(36-3)37-4/h6-9,12-13,23-26,29H,5,10-11,14-15H2,1-4H3/t23-,24+,25+,26+,30+,31+/m0/s1. The van der Waals surface area contributed by atoms with Crippen molar-refractivity contribution in [2.24, 2.45) is 0 Å². The van der Waals surface area contributed by atoms with E-state index in [1.807, 2.05) is 19.1 Å². The van der Waals surface area contributed by atoms with Crippen LogP contribution in [-0.2, 0) is 48.4 Å². The van der Waals surface area contributed by atoms with Gasteiger partial charge in [-0.25, -0.2) is 4.79 Å². The van der Waals surface area contributed by atoms with Crippen molar-refractivity contribution in [3.8, 4) is 0 Å². The molecule has 0 N–H and O–H groups in total. The van der Waals surface area contributed by atoms with Gasteiger partial charge in [-0.2, -0.15) is 0 Å². The number of fused-ring (bicyclic) bond motifs is 10. The molecular weight excluding hydrogens is 530 g/mol. The Morgan fingerprint density at radius 2 is 1.85 bits per heavy atom. The van der Waals surface area contributed by atoms with Crippen molar-refractivity contribution in [3.63, 3.8) is 0 Å². The van der Waals surface area contributed by atoms with Crippen molar-refractivity contribution in [3.05, 3.63) is 58.7 Å². The first-order chi connectivity index (χ1) is 19.8. The molecule has 2 aromatic rings. The molecular formula is C31H33NO9. The van der Waals surface area contributed by atoms with Crippen LogP contribution < -0.4 is 0 Å². The van der Waals surface area contributed by atoms with Crippen LogP contribution in [0.2, 0.25) is 0 Å². The van der Waals surface area contributed by atoms with Crippen molar-refractivity contribution in [2.45, 2.75) is 75.2 Å². The fourth-order valence-electron chi connectivity index (χ4n) is 7.42. The summed E-state index contributed by atoms with van der Waals surface area (Å²) in [4.78, 5) is 41.2. The maximum atomic E-state index is 13.5. The van der Waals surface area contributed by atoms with Crippen LogP contribution in [0.15, 0.2) is 47.5 Å². The largest absolute Gasteiger partial charge is 0.449 e. The molecule has 2 saturated heterocycles. The molecule has 216 valence electrons. The molecule has 5 aliphatic rings. The van der Waals surface area contributed by atoms with Gasteiger partial charge in [-0.1, -0.05) is 24.3 Å². The minimum absolute atomic E-state index is 0.166. The fourth-order valence-corrected chi connectivity index (χ4v) is 7.42. The SMILES string of the molecule is CCN1C[C@@H]2O[C@@H](C(=O)O[C@]3(C(C)=O)CCC4=C(C3)[C@@H]3O[C@@]4(C(OC)OC)c4cc5ccccc5cc43)[C@@H](O2)C1=O. The Morgan fingerprint density at radius 1 is 1.12 bits per heavy atom. The molecule has 0 unspecified atom stereocenters. The second-order valence-electron chi connectivity index (χ2n) is 11.4. The third-order valence-corrected chi connectivity index (χ3v) is 9.42. The van der Waals surface area contributed by atoms with Crippen molar-refractivity contribution in [1.82, 2.24) is 4.90 Å². The fraction of sp³-hybridized carbons (Fsp3) is 0.516. The summed E-state index contributed by atoms with van der Waals surface area (Å²) in [5.41, 5.74) is 1.47. The van der Waals surface area contributed by atoms with Crippen molar-refractivity contribution in [2.75, 3.05) is 27.3 Å². The van der Waals surface area contributed by atoms with Crippen molar-refractivity contribution in [1.29, 1.82) is 0 Å². The topological polar surface area (TPSA) is 110 Å². The number of hydrogen-bond donors (Lipinski definition) is 0. The van der Waals surface area contributed by atoms with Crippen LogP contribution >= 0.6 is 0 Å². The summed E-state index contributed by atoms with van der Waals surface area (Å²) in [5.74, 6) is -1.35. The number of methoxy groups -OCH3 is 2. The zero-order valence-corrected chi connectivity index (χ0v) is 23.5. The number of ether oxygens (including phenoxy) is 6. The predicted molar refractivity (Wildman–Crippen MR) is 143 cm³/mol. The number of amides is 1. The molecule has 7 rings (SSSR count). The maximum absolute atomic E-state index is 13.5. The number of carbonyl (C=O) groups excluding carboxylic acids is 3. The average molecular weight is 564 g/mol. The number of nitrogens with zero attached hydrogens (tertiary/aromatic N) is 1. The second kappa shape index (κ2) is 9.43. The number of morpholine rings is 1. The molecule has 10 nitrogen and oxygen atoms in total. The molecule has 1 aliphatic carbocycles. The highest BCUT2D eigenvalue weighted by atomic mass is 16.8. The van der Waals surface area contributed by atoms with Gasteiger partial charge < -0.3 is 33.3 Å². The van der Waals surface area contributed by atoms with Crippen LogP contribution in [0.5, 0.6) is 0 Å². The lowest BCUT2D eigenvalue weighted by molar-refractivity contribution is -0.218. The third-order valence-electron chi connectivity index (χ3n) is 9.42. The Labute approximate surface area is 237 Å². The summed E-state index contributed by atoms with van der Waals surface area (Å²) in [6, 6.07) is 12.4. The molecule has 41 heavy (non-hydrogen) atoms. The Balaban J connectivity index is 1.25. The summed E-state index contributed by atoms with van der Waals surface area (Å²) in [6.45, 7) is 4.03. The summed E-state index contributed by atoms with van der Waals surface area (Å²) < 4.78 is 35.9. The summed E-state index contributed by atoms with van der Waals surface area (Å²) in [5, 5.41) is 2.15. The zero-order chi connectivity index (χ0) is 28.7. The molecule has 0 aromatic heterocycles. The lowest BCUT2D eigenvalue weighted by atomic mass is 9.67. The van der Waals surface area contributed by atoms with Crippen LogP contribution in [0.25, 0.3) is 10.8 Å². The normalized spacial score (nSPS) is 33.5. The lowest BCUT2D eigenvalue weighted by Gasteiger charge is -2.42. The van der Waals surface area contributed by atoms with Crippen LogP contribution in [0.3, 0.4) is 0 Å². The van der Waals surface area contributed by atoms with E-state index in [1.165, 1.54) is 6.92 Å². The molecule has 2 fully saturated rings. The van der Waals surface area contributed by atoms with Crippen LogP contribution in [-0.4, -0.2) is 80.3 Å². The van der Waals surface area contributed by atoms with E-state index in [9.17, 15) is 14.4 Å². The van der Waals surface area contributed by atoms with Gasteiger partial charge in [0.25, 0.3) is 5.91 Å². The van der Waals surface area contributed by atoms with E-state index >= 15 is 0 Å². The first kappa shape index (κ1) is 26.7.